The summed E-state index contributed by atoms with van der Waals surface area (Å²) < 4.78 is 26.5. The molecular weight excluding hydrogens is 204 g/mol. The standard InChI is InChI=1S/C10H5F2NO2/c11-6-1-2-7(12)9-8(6)5(10(14)15)3-4-13-9/h1-4H,(H,14,15). The van der Waals surface area contributed by atoms with Crippen LogP contribution in [0.3, 0.4) is 0 Å². The van der Waals surface area contributed by atoms with Crippen molar-refractivity contribution in [3.63, 3.8) is 0 Å². The van der Waals surface area contributed by atoms with Crippen molar-refractivity contribution in [3.8, 4) is 0 Å². The molecule has 0 spiro atoms. The number of hydrogen-bond acceptors (Lipinski definition) is 2. The summed E-state index contributed by atoms with van der Waals surface area (Å²) in [7, 11) is 0. The van der Waals surface area contributed by atoms with E-state index in [1.165, 1.54) is 0 Å². The highest BCUT2D eigenvalue weighted by molar-refractivity contribution is 6.02. The molecule has 3 nitrogen and oxygen atoms in total. The molecule has 1 aromatic heterocycles. The van der Waals surface area contributed by atoms with E-state index in [1.54, 1.807) is 0 Å². The van der Waals surface area contributed by atoms with Crippen LogP contribution in [0.1, 0.15) is 10.4 Å². The quantitative estimate of drug-likeness (QED) is 0.783. The van der Waals surface area contributed by atoms with Crippen molar-refractivity contribution in [2.24, 2.45) is 0 Å². The monoisotopic (exact) mass is 209 g/mol. The van der Waals surface area contributed by atoms with Crippen LogP contribution in [0.2, 0.25) is 0 Å². The molecule has 0 radical (unpaired) electrons. The van der Waals surface area contributed by atoms with Gasteiger partial charge in [-0.2, -0.15) is 0 Å². The summed E-state index contributed by atoms with van der Waals surface area (Å²) in [6.45, 7) is 0. The second-order valence-electron chi connectivity index (χ2n) is 2.92. The summed E-state index contributed by atoms with van der Waals surface area (Å²) in [5.41, 5.74) is -0.563. The number of benzene rings is 1. The van der Waals surface area contributed by atoms with Crippen LogP contribution in [0.5, 0.6) is 0 Å². The Morgan fingerprint density at radius 2 is 1.87 bits per heavy atom. The topological polar surface area (TPSA) is 50.2 Å². The number of pyridine rings is 1. The van der Waals surface area contributed by atoms with Gasteiger partial charge >= 0.3 is 5.97 Å². The van der Waals surface area contributed by atoms with Crippen molar-refractivity contribution in [2.45, 2.75) is 0 Å². The maximum Gasteiger partial charge on any atom is 0.336 e. The van der Waals surface area contributed by atoms with Gasteiger partial charge in [0.05, 0.1) is 10.9 Å². The first-order chi connectivity index (χ1) is 7.11. The fraction of sp³-hybridized carbons (Fsp3) is 0. The molecule has 1 aromatic carbocycles. The summed E-state index contributed by atoms with van der Waals surface area (Å²) in [5.74, 6) is -2.85. The molecule has 2 aromatic rings. The van der Waals surface area contributed by atoms with Crippen LogP contribution < -0.4 is 0 Å². The Balaban J connectivity index is 2.96. The Morgan fingerprint density at radius 1 is 1.20 bits per heavy atom. The van der Waals surface area contributed by atoms with Crippen LogP contribution >= 0.6 is 0 Å². The summed E-state index contributed by atoms with van der Waals surface area (Å²) >= 11 is 0. The van der Waals surface area contributed by atoms with E-state index in [0.717, 1.165) is 24.4 Å². The van der Waals surface area contributed by atoms with Gasteiger partial charge in [-0.25, -0.2) is 13.6 Å². The maximum atomic E-state index is 13.3. The molecule has 0 aliphatic carbocycles. The lowest BCUT2D eigenvalue weighted by Crippen LogP contribution is -2.01. The van der Waals surface area contributed by atoms with Gasteiger partial charge in [-0.15, -0.1) is 0 Å². The van der Waals surface area contributed by atoms with E-state index < -0.39 is 17.6 Å². The molecule has 2 rings (SSSR count). The third-order valence-corrected chi connectivity index (χ3v) is 2.02. The predicted molar refractivity (Wildman–Crippen MR) is 48.6 cm³/mol. The van der Waals surface area contributed by atoms with Gasteiger partial charge in [0.2, 0.25) is 0 Å². The lowest BCUT2D eigenvalue weighted by molar-refractivity contribution is 0.0698. The second-order valence-corrected chi connectivity index (χ2v) is 2.92. The molecule has 1 heterocycles. The molecule has 0 saturated heterocycles. The van der Waals surface area contributed by atoms with E-state index in [1.807, 2.05) is 0 Å². The van der Waals surface area contributed by atoms with Crippen LogP contribution in [0, 0.1) is 11.6 Å². The summed E-state index contributed by atoms with van der Waals surface area (Å²) in [6.07, 6.45) is 1.13. The number of fused-ring (bicyclic) bond motifs is 1. The zero-order valence-electron chi connectivity index (χ0n) is 7.37. The molecule has 76 valence electrons. The van der Waals surface area contributed by atoms with Crippen molar-refractivity contribution >= 4 is 16.9 Å². The molecule has 0 aliphatic rings. The molecule has 1 N–H and O–H groups in total. The number of nitrogens with zero attached hydrogens (tertiary/aromatic N) is 1. The Hall–Kier alpha value is -2.04. The van der Waals surface area contributed by atoms with Crippen molar-refractivity contribution in [3.05, 3.63) is 41.6 Å². The SMILES string of the molecule is O=C(O)c1ccnc2c(F)ccc(F)c12. The Labute approximate surface area is 83.0 Å². The highest BCUT2D eigenvalue weighted by Gasteiger charge is 2.15. The molecule has 0 atom stereocenters. The van der Waals surface area contributed by atoms with Gasteiger partial charge in [-0.1, -0.05) is 0 Å². The van der Waals surface area contributed by atoms with Gasteiger partial charge in [-0.3, -0.25) is 4.98 Å². The summed E-state index contributed by atoms with van der Waals surface area (Å²) in [5, 5.41) is 8.48. The third-order valence-electron chi connectivity index (χ3n) is 2.02. The van der Waals surface area contributed by atoms with Crippen molar-refractivity contribution in [1.29, 1.82) is 0 Å². The molecule has 0 amide bonds. The molecule has 15 heavy (non-hydrogen) atoms. The lowest BCUT2D eigenvalue weighted by atomic mass is 10.1. The van der Waals surface area contributed by atoms with Crippen LogP contribution in [-0.2, 0) is 0 Å². The van der Waals surface area contributed by atoms with E-state index >= 15 is 0 Å². The highest BCUT2D eigenvalue weighted by atomic mass is 19.1. The van der Waals surface area contributed by atoms with Gasteiger partial charge in [0.15, 0.2) is 0 Å². The highest BCUT2D eigenvalue weighted by Crippen LogP contribution is 2.22. The Kier molecular flexibility index (Phi) is 2.07. The number of aromatic nitrogens is 1. The number of carboxylic acid groups (broad SMARTS) is 1. The third kappa shape index (κ3) is 1.41. The first kappa shape index (κ1) is 9.51. The lowest BCUT2D eigenvalue weighted by Gasteiger charge is -2.03. The van der Waals surface area contributed by atoms with Crippen molar-refractivity contribution < 1.29 is 18.7 Å². The van der Waals surface area contributed by atoms with E-state index in [4.69, 9.17) is 5.11 Å². The first-order valence-electron chi connectivity index (χ1n) is 4.07. The fourth-order valence-corrected chi connectivity index (χ4v) is 1.37. The predicted octanol–water partition coefficient (Wildman–Crippen LogP) is 2.21. The van der Waals surface area contributed by atoms with E-state index in [2.05, 4.69) is 4.98 Å². The van der Waals surface area contributed by atoms with E-state index in [9.17, 15) is 13.6 Å². The van der Waals surface area contributed by atoms with Crippen LogP contribution in [0.25, 0.3) is 10.9 Å². The summed E-state index contributed by atoms with van der Waals surface area (Å²) in [6, 6.07) is 2.93. The van der Waals surface area contributed by atoms with Crippen molar-refractivity contribution in [1.82, 2.24) is 4.98 Å². The Morgan fingerprint density at radius 3 is 2.53 bits per heavy atom. The number of carbonyl (C=O) groups is 1. The molecule has 0 unspecified atom stereocenters. The second kappa shape index (κ2) is 3.27. The number of halogens is 2. The zero-order chi connectivity index (χ0) is 11.0. The average molecular weight is 209 g/mol. The maximum absolute atomic E-state index is 13.3. The Bertz CT molecular complexity index is 554. The number of aromatic carboxylic acids is 1. The molecule has 5 heteroatoms. The van der Waals surface area contributed by atoms with Crippen LogP contribution in [0.15, 0.2) is 24.4 Å². The smallest absolute Gasteiger partial charge is 0.336 e. The van der Waals surface area contributed by atoms with Crippen molar-refractivity contribution in [2.75, 3.05) is 0 Å². The largest absolute Gasteiger partial charge is 0.478 e. The minimum absolute atomic E-state index is 0.269. The molecule has 0 aliphatic heterocycles. The minimum atomic E-state index is -1.31. The fourth-order valence-electron chi connectivity index (χ4n) is 1.37. The van der Waals surface area contributed by atoms with Crippen LogP contribution in [-0.4, -0.2) is 16.1 Å². The molecule has 0 fully saturated rings. The van der Waals surface area contributed by atoms with Gasteiger partial charge in [0.25, 0.3) is 0 Å². The number of rotatable bonds is 1. The van der Waals surface area contributed by atoms with Gasteiger partial charge in [0, 0.05) is 6.20 Å². The zero-order valence-corrected chi connectivity index (χ0v) is 7.37. The summed E-state index contributed by atoms with van der Waals surface area (Å²) in [4.78, 5) is 14.4. The van der Waals surface area contributed by atoms with Crippen LogP contribution in [0.4, 0.5) is 8.78 Å². The van der Waals surface area contributed by atoms with Gasteiger partial charge in [-0.05, 0) is 18.2 Å². The van der Waals surface area contributed by atoms with Gasteiger partial charge < -0.3 is 5.11 Å². The van der Waals surface area contributed by atoms with Gasteiger partial charge in [0.1, 0.15) is 17.2 Å². The van der Waals surface area contributed by atoms with E-state index in [0.29, 0.717) is 0 Å². The molecule has 0 bridgehead atoms. The molecule has 0 saturated carbocycles. The minimum Gasteiger partial charge on any atom is -0.478 e. The van der Waals surface area contributed by atoms with E-state index in [-0.39, 0.29) is 16.5 Å². The first-order valence-corrected chi connectivity index (χ1v) is 4.07. The normalized spacial score (nSPS) is 10.5. The number of carboxylic acids is 1. The number of hydrogen-bond donors (Lipinski definition) is 1. The average Bonchev–Trinajstić information content (AvgIpc) is 2.23. The molecular formula is C10H5F2NO2.